The molecule has 3 rings (SSSR count). The Kier molecular flexibility index (Phi) is 3.16. The first-order valence-electron chi connectivity index (χ1n) is 7.30. The Morgan fingerprint density at radius 1 is 1.45 bits per heavy atom. The van der Waals surface area contributed by atoms with E-state index >= 15 is 0 Å². The maximum atomic E-state index is 12.7. The van der Waals surface area contributed by atoms with Crippen LogP contribution < -0.4 is 4.57 Å². The van der Waals surface area contributed by atoms with E-state index in [2.05, 4.69) is 30.0 Å². The molecule has 0 saturated carbocycles. The molecule has 7 heteroatoms. The van der Waals surface area contributed by atoms with Crippen molar-refractivity contribution in [3.63, 3.8) is 0 Å². The summed E-state index contributed by atoms with van der Waals surface area (Å²) in [6, 6.07) is -0.712. The standard InChI is InChI=1S/C15H20N5O2/c1-6-7-18-13(21)11-12(17(5)15(18)22)16-14-19(11)8-10(4)20(14)9(2)3/h6,8-9,11H,1,7H2,2-5H3/q+1. The van der Waals surface area contributed by atoms with Gasteiger partial charge in [0.1, 0.15) is 11.9 Å². The van der Waals surface area contributed by atoms with E-state index in [9.17, 15) is 9.59 Å². The van der Waals surface area contributed by atoms with Crippen LogP contribution in [-0.4, -0.2) is 45.7 Å². The first kappa shape index (κ1) is 14.5. The predicted molar refractivity (Wildman–Crippen MR) is 81.0 cm³/mol. The van der Waals surface area contributed by atoms with Crippen molar-refractivity contribution in [3.8, 4) is 0 Å². The third-order valence-corrected chi connectivity index (χ3v) is 4.08. The summed E-state index contributed by atoms with van der Waals surface area (Å²) in [6.45, 7) is 9.94. The summed E-state index contributed by atoms with van der Waals surface area (Å²) in [7, 11) is 1.65. The molecule has 0 spiro atoms. The van der Waals surface area contributed by atoms with Gasteiger partial charge < -0.3 is 0 Å². The number of amides is 3. The number of amidine groups is 1. The van der Waals surface area contributed by atoms with Crippen molar-refractivity contribution in [2.75, 3.05) is 13.6 Å². The number of urea groups is 1. The lowest BCUT2D eigenvalue weighted by atomic mass is 10.1. The second kappa shape index (κ2) is 4.79. The molecule has 0 N–H and O–H groups in total. The summed E-state index contributed by atoms with van der Waals surface area (Å²) in [5.41, 5.74) is 1.04. The number of hydrogen-bond acceptors (Lipinski definition) is 3. The van der Waals surface area contributed by atoms with Crippen LogP contribution in [0, 0.1) is 6.92 Å². The summed E-state index contributed by atoms with van der Waals surface area (Å²) in [4.78, 5) is 32.3. The highest BCUT2D eigenvalue weighted by Crippen LogP contribution is 2.30. The van der Waals surface area contributed by atoms with Gasteiger partial charge >= 0.3 is 12.0 Å². The normalized spacial score (nSPS) is 20.4. The lowest BCUT2D eigenvalue weighted by molar-refractivity contribution is -0.677. The Balaban J connectivity index is 2.14. The minimum Gasteiger partial charge on any atom is -0.270 e. The third kappa shape index (κ3) is 1.74. The topological polar surface area (TPSA) is 61.8 Å². The van der Waals surface area contributed by atoms with Crippen molar-refractivity contribution in [2.24, 2.45) is 4.99 Å². The highest BCUT2D eigenvalue weighted by Gasteiger charge is 2.52. The van der Waals surface area contributed by atoms with E-state index in [-0.39, 0.29) is 24.5 Å². The van der Waals surface area contributed by atoms with Gasteiger partial charge in [0, 0.05) is 13.6 Å². The number of aryl methyl sites for hydroxylation is 1. The van der Waals surface area contributed by atoms with E-state index < -0.39 is 6.04 Å². The summed E-state index contributed by atoms with van der Waals surface area (Å²) in [6.07, 6.45) is 3.47. The highest BCUT2D eigenvalue weighted by atomic mass is 16.2. The zero-order valence-electron chi connectivity index (χ0n) is 13.3. The van der Waals surface area contributed by atoms with Gasteiger partial charge in [0.15, 0.2) is 0 Å². The number of carbonyl (C=O) groups is 2. The Hall–Kier alpha value is -2.44. The molecular formula is C15H20N5O2+. The van der Waals surface area contributed by atoms with Crippen molar-refractivity contribution in [3.05, 3.63) is 24.5 Å². The first-order valence-corrected chi connectivity index (χ1v) is 7.30. The van der Waals surface area contributed by atoms with E-state index in [1.807, 2.05) is 17.7 Å². The molecule has 1 aromatic heterocycles. The molecule has 1 saturated heterocycles. The number of carbonyl (C=O) groups excluding carboxylic acids is 2. The molecule has 3 amide bonds. The van der Waals surface area contributed by atoms with E-state index in [4.69, 9.17) is 0 Å². The minimum atomic E-state index is -0.573. The molecular weight excluding hydrogens is 282 g/mol. The van der Waals surface area contributed by atoms with Crippen LogP contribution in [0.25, 0.3) is 0 Å². The molecule has 1 fully saturated rings. The quantitative estimate of drug-likeness (QED) is 0.624. The zero-order chi connectivity index (χ0) is 16.2. The summed E-state index contributed by atoms with van der Waals surface area (Å²) in [5.74, 6) is 0.937. The molecule has 3 heterocycles. The van der Waals surface area contributed by atoms with Gasteiger partial charge in [0.2, 0.25) is 11.9 Å². The smallest absolute Gasteiger partial charge is 0.270 e. The van der Waals surface area contributed by atoms with Crippen LogP contribution in [0.4, 0.5) is 10.7 Å². The van der Waals surface area contributed by atoms with Crippen molar-refractivity contribution in [1.29, 1.82) is 0 Å². The Labute approximate surface area is 129 Å². The summed E-state index contributed by atoms with van der Waals surface area (Å²) >= 11 is 0. The fourth-order valence-corrected chi connectivity index (χ4v) is 3.14. The molecule has 0 aromatic carbocycles. The van der Waals surface area contributed by atoms with Gasteiger partial charge in [0.25, 0.3) is 5.91 Å². The number of aliphatic imine (C=N–C) groups is 1. The number of aromatic nitrogens is 2. The van der Waals surface area contributed by atoms with Gasteiger partial charge in [0.05, 0.1) is 6.04 Å². The zero-order valence-corrected chi connectivity index (χ0v) is 13.3. The van der Waals surface area contributed by atoms with Crippen LogP contribution in [-0.2, 0) is 4.79 Å². The van der Waals surface area contributed by atoms with Crippen molar-refractivity contribution in [2.45, 2.75) is 32.9 Å². The molecule has 1 atom stereocenters. The van der Waals surface area contributed by atoms with E-state index in [0.29, 0.717) is 11.8 Å². The number of likely N-dealkylation sites (N-methyl/N-ethyl adjacent to an activating group) is 1. The SMILES string of the molecule is C=CCN1C(=O)C2C(=Nc3n(C(C)C)c(C)c[n+]32)N(C)C1=O. The Bertz CT molecular complexity index is 716. The van der Waals surface area contributed by atoms with Gasteiger partial charge in [-0.05, 0) is 20.8 Å². The maximum absolute atomic E-state index is 12.7. The van der Waals surface area contributed by atoms with E-state index in [0.717, 1.165) is 5.69 Å². The van der Waals surface area contributed by atoms with Crippen LogP contribution >= 0.6 is 0 Å². The van der Waals surface area contributed by atoms with Crippen LogP contribution in [0.15, 0.2) is 23.8 Å². The van der Waals surface area contributed by atoms with Gasteiger partial charge in [-0.15, -0.1) is 6.58 Å². The Morgan fingerprint density at radius 2 is 2.14 bits per heavy atom. The van der Waals surface area contributed by atoms with Gasteiger partial charge in [-0.3, -0.25) is 14.6 Å². The van der Waals surface area contributed by atoms with Crippen molar-refractivity contribution >= 4 is 23.7 Å². The second-order valence-corrected chi connectivity index (χ2v) is 5.89. The molecule has 2 aliphatic heterocycles. The number of imide groups is 1. The van der Waals surface area contributed by atoms with Crippen molar-refractivity contribution in [1.82, 2.24) is 14.4 Å². The number of imidazole rings is 1. The third-order valence-electron chi connectivity index (χ3n) is 4.08. The van der Waals surface area contributed by atoms with Crippen LogP contribution in [0.2, 0.25) is 0 Å². The molecule has 0 radical (unpaired) electrons. The lowest BCUT2D eigenvalue weighted by Gasteiger charge is -2.32. The van der Waals surface area contributed by atoms with E-state index in [1.165, 1.54) is 9.80 Å². The van der Waals surface area contributed by atoms with E-state index in [1.54, 1.807) is 13.1 Å². The fraction of sp³-hybridized carbons (Fsp3) is 0.467. The summed E-state index contributed by atoms with van der Waals surface area (Å²) < 4.78 is 3.92. The number of nitrogens with zero attached hydrogens (tertiary/aromatic N) is 5. The van der Waals surface area contributed by atoms with Crippen LogP contribution in [0.1, 0.15) is 31.6 Å². The second-order valence-electron chi connectivity index (χ2n) is 5.89. The molecule has 116 valence electrons. The van der Waals surface area contributed by atoms with Crippen molar-refractivity contribution < 1.29 is 14.2 Å². The first-order chi connectivity index (χ1) is 10.4. The van der Waals surface area contributed by atoms with Crippen LogP contribution in [0.5, 0.6) is 0 Å². The number of fused-ring (bicyclic) bond motifs is 3. The maximum Gasteiger partial charge on any atom is 0.402 e. The summed E-state index contributed by atoms with van der Waals surface area (Å²) in [5, 5.41) is 0. The van der Waals surface area contributed by atoms with Gasteiger partial charge in [-0.2, -0.15) is 0 Å². The van der Waals surface area contributed by atoms with Gasteiger partial charge in [-0.1, -0.05) is 11.1 Å². The lowest BCUT2D eigenvalue weighted by Crippen LogP contribution is -2.62. The average Bonchev–Trinajstić information content (AvgIpc) is 2.95. The number of rotatable bonds is 3. The molecule has 22 heavy (non-hydrogen) atoms. The molecule has 0 aliphatic carbocycles. The monoisotopic (exact) mass is 302 g/mol. The van der Waals surface area contributed by atoms with Gasteiger partial charge in [-0.25, -0.2) is 13.9 Å². The fourth-order valence-electron chi connectivity index (χ4n) is 3.14. The highest BCUT2D eigenvalue weighted by molar-refractivity contribution is 6.19. The largest absolute Gasteiger partial charge is 0.402 e. The molecule has 1 aromatic rings. The Morgan fingerprint density at radius 3 is 2.73 bits per heavy atom. The molecule has 0 bridgehead atoms. The molecule has 7 nitrogen and oxygen atoms in total. The molecule has 2 aliphatic rings. The predicted octanol–water partition coefficient (Wildman–Crippen LogP) is 1.33. The average molecular weight is 302 g/mol. The van der Waals surface area contributed by atoms with Crippen LogP contribution in [0.3, 0.4) is 0 Å². The molecule has 1 unspecified atom stereocenters. The number of hydrogen-bond donors (Lipinski definition) is 0. The minimum absolute atomic E-state index is 0.200.